The lowest BCUT2D eigenvalue weighted by Crippen LogP contribution is -2.52. The van der Waals surface area contributed by atoms with E-state index < -0.39 is 17.7 Å². The maximum Gasteiger partial charge on any atom is 0.312 e. The van der Waals surface area contributed by atoms with Crippen LogP contribution in [0.1, 0.15) is 33.1 Å². The second-order valence-corrected chi connectivity index (χ2v) is 5.48. The Morgan fingerprint density at radius 1 is 1.37 bits per heavy atom. The van der Waals surface area contributed by atoms with Crippen LogP contribution in [0.3, 0.4) is 0 Å². The van der Waals surface area contributed by atoms with E-state index in [0.717, 1.165) is 5.75 Å². The Bertz CT molecular complexity index is 296. The molecule has 0 aromatic carbocycles. The van der Waals surface area contributed by atoms with Crippen LogP contribution in [-0.2, 0) is 4.79 Å². The van der Waals surface area contributed by atoms with Crippen molar-refractivity contribution in [3.8, 4) is 0 Å². The van der Waals surface area contributed by atoms with Crippen LogP contribution in [0.15, 0.2) is 0 Å². The average Bonchev–Trinajstić information content (AvgIpc) is 2.40. The third kappa shape index (κ3) is 7.27. The Balaban J connectivity index is 4.42. The number of hydrogen-bond donors (Lipinski definition) is 4. The van der Waals surface area contributed by atoms with Gasteiger partial charge in [0.25, 0.3) is 0 Å². The summed E-state index contributed by atoms with van der Waals surface area (Å²) in [6, 6.07) is -1.37. The second-order valence-electron chi connectivity index (χ2n) is 4.49. The molecule has 0 aliphatic rings. The van der Waals surface area contributed by atoms with E-state index in [9.17, 15) is 14.7 Å². The van der Waals surface area contributed by atoms with E-state index in [1.807, 2.05) is 20.1 Å². The molecule has 0 heterocycles. The molecule has 0 fully saturated rings. The van der Waals surface area contributed by atoms with Crippen LogP contribution in [0.2, 0.25) is 0 Å². The predicted molar refractivity (Wildman–Crippen MR) is 78.0 cm³/mol. The number of rotatable bonds is 9. The van der Waals surface area contributed by atoms with Gasteiger partial charge in [0, 0.05) is 6.54 Å². The third-order valence-corrected chi connectivity index (χ3v) is 3.80. The van der Waals surface area contributed by atoms with Gasteiger partial charge in [-0.1, -0.05) is 13.8 Å². The topological polar surface area (TPSA) is 104 Å². The van der Waals surface area contributed by atoms with Crippen molar-refractivity contribution < 1.29 is 14.7 Å². The van der Waals surface area contributed by atoms with Gasteiger partial charge < -0.3 is 21.5 Å². The minimum absolute atomic E-state index is 0.176. The Kier molecular flexibility index (Phi) is 8.58. The van der Waals surface area contributed by atoms with E-state index in [2.05, 4.69) is 10.6 Å². The summed E-state index contributed by atoms with van der Waals surface area (Å²) in [4.78, 5) is 22.8. The Labute approximate surface area is 118 Å². The first kappa shape index (κ1) is 18.0. The minimum Gasteiger partial charge on any atom is -0.388 e. The number of carbonyl (C=O) groups is 2. The molecule has 0 bridgehead atoms. The molecule has 0 radical (unpaired) electrons. The van der Waals surface area contributed by atoms with Gasteiger partial charge >= 0.3 is 6.03 Å². The van der Waals surface area contributed by atoms with Gasteiger partial charge in [-0.3, -0.25) is 4.79 Å². The van der Waals surface area contributed by atoms with Crippen LogP contribution >= 0.6 is 11.8 Å². The number of urea groups is 1. The Morgan fingerprint density at radius 2 is 1.95 bits per heavy atom. The average molecular weight is 291 g/mol. The summed E-state index contributed by atoms with van der Waals surface area (Å²) in [6.45, 7) is 3.90. The van der Waals surface area contributed by atoms with Crippen molar-refractivity contribution >= 4 is 23.7 Å². The zero-order chi connectivity index (χ0) is 14.9. The van der Waals surface area contributed by atoms with Crippen molar-refractivity contribution in [1.82, 2.24) is 10.6 Å². The second kappa shape index (κ2) is 9.03. The van der Waals surface area contributed by atoms with Crippen LogP contribution < -0.4 is 16.4 Å². The number of nitrogens with one attached hydrogen (secondary N) is 2. The molecule has 3 amide bonds. The van der Waals surface area contributed by atoms with Crippen molar-refractivity contribution in [2.45, 2.75) is 44.8 Å². The first-order valence-corrected chi connectivity index (χ1v) is 7.83. The lowest BCUT2D eigenvalue weighted by Gasteiger charge is -2.26. The van der Waals surface area contributed by atoms with E-state index in [-0.39, 0.29) is 12.5 Å². The van der Waals surface area contributed by atoms with Gasteiger partial charge in [-0.15, -0.1) is 0 Å². The first-order chi connectivity index (χ1) is 8.88. The van der Waals surface area contributed by atoms with Gasteiger partial charge in [0.1, 0.15) is 6.04 Å². The van der Waals surface area contributed by atoms with Crippen molar-refractivity contribution in [2.75, 3.05) is 18.6 Å². The molecule has 19 heavy (non-hydrogen) atoms. The monoisotopic (exact) mass is 291 g/mol. The smallest absolute Gasteiger partial charge is 0.312 e. The standard InChI is InChI=1S/C12H25N3O3S/c1-4-12(18,5-2)8-14-10(16)9(6-7-19-3)15-11(13)17/h9,18H,4-8H2,1-3H3,(H,14,16)(H3,13,15,17). The van der Waals surface area contributed by atoms with Crippen LogP contribution in [0.25, 0.3) is 0 Å². The van der Waals surface area contributed by atoms with Gasteiger partial charge in [0.15, 0.2) is 0 Å². The summed E-state index contributed by atoms with van der Waals surface area (Å²) in [7, 11) is 0. The van der Waals surface area contributed by atoms with Gasteiger partial charge in [-0.25, -0.2) is 4.79 Å². The molecule has 112 valence electrons. The van der Waals surface area contributed by atoms with Crippen molar-refractivity contribution in [1.29, 1.82) is 0 Å². The third-order valence-electron chi connectivity index (χ3n) is 3.15. The number of nitrogens with two attached hydrogens (primary N) is 1. The number of carbonyl (C=O) groups excluding carboxylic acids is 2. The molecule has 1 atom stereocenters. The van der Waals surface area contributed by atoms with E-state index in [1.165, 1.54) is 0 Å². The molecule has 0 aromatic heterocycles. The van der Waals surface area contributed by atoms with Gasteiger partial charge in [-0.05, 0) is 31.3 Å². The number of aliphatic hydroxyl groups is 1. The molecule has 0 saturated heterocycles. The van der Waals surface area contributed by atoms with Gasteiger partial charge in [-0.2, -0.15) is 11.8 Å². The highest BCUT2D eigenvalue weighted by molar-refractivity contribution is 7.98. The van der Waals surface area contributed by atoms with E-state index >= 15 is 0 Å². The highest BCUT2D eigenvalue weighted by Gasteiger charge is 2.25. The molecular weight excluding hydrogens is 266 g/mol. The molecule has 0 rings (SSSR count). The normalized spacial score (nSPS) is 12.8. The Morgan fingerprint density at radius 3 is 2.37 bits per heavy atom. The highest BCUT2D eigenvalue weighted by Crippen LogP contribution is 2.13. The maximum atomic E-state index is 12.0. The number of hydrogen-bond acceptors (Lipinski definition) is 4. The lowest BCUT2D eigenvalue weighted by atomic mass is 9.97. The Hall–Kier alpha value is -0.950. The molecule has 0 saturated carbocycles. The van der Waals surface area contributed by atoms with E-state index in [0.29, 0.717) is 19.3 Å². The molecule has 1 unspecified atom stereocenters. The fourth-order valence-electron chi connectivity index (χ4n) is 1.55. The van der Waals surface area contributed by atoms with E-state index in [4.69, 9.17) is 5.73 Å². The largest absolute Gasteiger partial charge is 0.388 e. The summed E-state index contributed by atoms with van der Waals surface area (Å²) in [5.41, 5.74) is 4.15. The molecule has 0 spiro atoms. The minimum atomic E-state index is -0.896. The fraction of sp³-hybridized carbons (Fsp3) is 0.833. The van der Waals surface area contributed by atoms with Gasteiger partial charge in [0.2, 0.25) is 5.91 Å². The van der Waals surface area contributed by atoms with Crippen LogP contribution in [0, 0.1) is 0 Å². The maximum absolute atomic E-state index is 12.0. The first-order valence-electron chi connectivity index (χ1n) is 6.43. The van der Waals surface area contributed by atoms with Crippen LogP contribution in [0.4, 0.5) is 4.79 Å². The number of amides is 3. The molecular formula is C12H25N3O3S. The molecule has 0 aromatic rings. The van der Waals surface area contributed by atoms with Crippen LogP contribution in [-0.4, -0.2) is 47.2 Å². The summed E-state index contributed by atoms with van der Waals surface area (Å²) >= 11 is 1.59. The highest BCUT2D eigenvalue weighted by atomic mass is 32.2. The van der Waals surface area contributed by atoms with E-state index in [1.54, 1.807) is 11.8 Å². The summed E-state index contributed by atoms with van der Waals surface area (Å²) < 4.78 is 0. The zero-order valence-corrected chi connectivity index (χ0v) is 12.7. The zero-order valence-electron chi connectivity index (χ0n) is 11.9. The SMILES string of the molecule is CCC(O)(CC)CNC(=O)C(CCSC)NC(N)=O. The van der Waals surface area contributed by atoms with Crippen molar-refractivity contribution in [3.63, 3.8) is 0 Å². The molecule has 0 aliphatic carbocycles. The number of primary amides is 1. The summed E-state index contributed by atoms with van der Waals surface area (Å²) in [5.74, 6) is 0.428. The predicted octanol–water partition coefficient (Wildman–Crippen LogP) is 0.444. The van der Waals surface area contributed by atoms with Crippen molar-refractivity contribution in [3.05, 3.63) is 0 Å². The molecule has 7 heteroatoms. The number of thioether (sulfide) groups is 1. The molecule has 5 N–H and O–H groups in total. The van der Waals surface area contributed by atoms with Crippen molar-refractivity contribution in [2.24, 2.45) is 5.73 Å². The molecule has 6 nitrogen and oxygen atoms in total. The van der Waals surface area contributed by atoms with Crippen LogP contribution in [0.5, 0.6) is 0 Å². The molecule has 0 aliphatic heterocycles. The fourth-order valence-corrected chi connectivity index (χ4v) is 2.02. The summed E-state index contributed by atoms with van der Waals surface area (Å²) in [6.07, 6.45) is 3.55. The lowest BCUT2D eigenvalue weighted by molar-refractivity contribution is -0.124. The van der Waals surface area contributed by atoms with Gasteiger partial charge in [0.05, 0.1) is 5.60 Å². The summed E-state index contributed by atoms with van der Waals surface area (Å²) in [5, 5.41) is 15.2. The quantitative estimate of drug-likeness (QED) is 0.495.